The Hall–Kier alpha value is -4.84. The summed E-state index contributed by atoms with van der Waals surface area (Å²) in [5, 5.41) is 30.2. The lowest BCUT2D eigenvalue weighted by Gasteiger charge is -2.27. The number of hydrogen-bond donors (Lipinski definition) is 3. The van der Waals surface area contributed by atoms with Crippen LogP contribution in [0.25, 0.3) is 10.8 Å². The van der Waals surface area contributed by atoms with E-state index >= 15 is 0 Å². The van der Waals surface area contributed by atoms with Crippen molar-refractivity contribution in [3.05, 3.63) is 76.3 Å². The number of morpholine rings is 1. The molecule has 1 saturated heterocycles. The lowest BCUT2D eigenvalue weighted by atomic mass is 10.1. The van der Waals surface area contributed by atoms with Crippen LogP contribution in [0.4, 0.5) is 29.2 Å². The first-order chi connectivity index (χ1) is 17.5. The Balaban J connectivity index is 1.40. The number of nitrogens with zero attached hydrogens (tertiary/aromatic N) is 6. The maximum atomic E-state index is 11.1. The minimum Gasteiger partial charge on any atom is -0.502 e. The van der Waals surface area contributed by atoms with Crippen LogP contribution in [0.3, 0.4) is 0 Å². The Kier molecular flexibility index (Phi) is 6.49. The second-order valence-electron chi connectivity index (χ2n) is 7.94. The average molecular weight is 486 g/mol. The first-order valence-electron chi connectivity index (χ1n) is 11.2. The number of nitrogens with one attached hydrogen (secondary N) is 2. The molecule has 0 unspecified atom stereocenters. The number of nitro groups is 1. The van der Waals surface area contributed by atoms with Gasteiger partial charge in [-0.3, -0.25) is 10.1 Å². The molecule has 0 amide bonds. The average Bonchev–Trinajstić information content (AvgIpc) is 2.90. The predicted molar refractivity (Wildman–Crippen MR) is 136 cm³/mol. The first-order valence-corrected chi connectivity index (χ1v) is 11.2. The van der Waals surface area contributed by atoms with Gasteiger partial charge in [-0.25, -0.2) is 5.43 Å². The third-order valence-corrected chi connectivity index (χ3v) is 5.50. The summed E-state index contributed by atoms with van der Waals surface area (Å²) in [6.07, 6.45) is 1.38. The third kappa shape index (κ3) is 5.28. The molecule has 0 atom stereocenters. The van der Waals surface area contributed by atoms with Gasteiger partial charge in [0.25, 0.3) is 0 Å². The van der Waals surface area contributed by atoms with Gasteiger partial charge >= 0.3 is 5.69 Å². The second kappa shape index (κ2) is 10.2. The van der Waals surface area contributed by atoms with Gasteiger partial charge in [0.05, 0.1) is 24.4 Å². The van der Waals surface area contributed by atoms with Crippen molar-refractivity contribution in [2.75, 3.05) is 41.9 Å². The molecule has 0 aliphatic carbocycles. The standard InChI is InChI=1S/C24H22N8O4/c33-21-8-5-16(13-20(21)32(34)35)15-25-30-23-27-22(28-24(29-23)31-9-11-36-12-10-31)26-19-7-6-17-3-1-2-4-18(17)14-19/h1-8,13-15,33H,9-12H2,(H2,26,27,28,29,30). The fraction of sp³-hybridized carbons (Fsp3) is 0.167. The predicted octanol–water partition coefficient (Wildman–Crippen LogP) is 3.66. The Morgan fingerprint density at radius 1 is 1.00 bits per heavy atom. The molecule has 5 rings (SSSR count). The van der Waals surface area contributed by atoms with Crippen molar-refractivity contribution in [2.45, 2.75) is 0 Å². The maximum absolute atomic E-state index is 11.1. The summed E-state index contributed by atoms with van der Waals surface area (Å²) in [6, 6.07) is 18.0. The van der Waals surface area contributed by atoms with Crippen LogP contribution in [0.1, 0.15) is 5.56 Å². The van der Waals surface area contributed by atoms with E-state index in [9.17, 15) is 15.2 Å². The number of anilines is 4. The number of nitro benzene ring substituents is 1. The number of phenolic OH excluding ortho intramolecular Hbond substituents is 1. The summed E-state index contributed by atoms with van der Waals surface area (Å²) in [5.41, 5.74) is 3.60. The van der Waals surface area contributed by atoms with Crippen molar-refractivity contribution in [3.63, 3.8) is 0 Å². The molecule has 1 fully saturated rings. The van der Waals surface area contributed by atoms with Gasteiger partial charge in [-0.05, 0) is 35.0 Å². The van der Waals surface area contributed by atoms with E-state index in [4.69, 9.17) is 4.74 Å². The van der Waals surface area contributed by atoms with Crippen LogP contribution in [0.15, 0.2) is 65.8 Å². The highest BCUT2D eigenvalue weighted by Gasteiger charge is 2.17. The zero-order valence-electron chi connectivity index (χ0n) is 19.0. The van der Waals surface area contributed by atoms with E-state index < -0.39 is 16.4 Å². The highest BCUT2D eigenvalue weighted by molar-refractivity contribution is 5.86. The number of hydrogen-bond acceptors (Lipinski definition) is 11. The van der Waals surface area contributed by atoms with E-state index in [2.05, 4.69) is 30.8 Å². The molecule has 2 heterocycles. The van der Waals surface area contributed by atoms with E-state index in [1.807, 2.05) is 47.4 Å². The van der Waals surface area contributed by atoms with Gasteiger partial charge in [0, 0.05) is 30.4 Å². The van der Waals surface area contributed by atoms with Gasteiger partial charge in [0.15, 0.2) is 5.75 Å². The van der Waals surface area contributed by atoms with Crippen LogP contribution >= 0.6 is 0 Å². The summed E-state index contributed by atoms with van der Waals surface area (Å²) in [6.45, 7) is 2.41. The van der Waals surface area contributed by atoms with Crippen molar-refractivity contribution in [3.8, 4) is 5.75 Å². The molecular weight excluding hydrogens is 464 g/mol. The van der Waals surface area contributed by atoms with Crippen molar-refractivity contribution < 1.29 is 14.8 Å². The molecule has 4 aromatic rings. The number of aromatic hydroxyl groups is 1. The van der Waals surface area contributed by atoms with Gasteiger partial charge in [0.1, 0.15) is 0 Å². The summed E-state index contributed by atoms with van der Waals surface area (Å²) in [4.78, 5) is 25.9. The maximum Gasteiger partial charge on any atom is 0.311 e. The molecule has 0 radical (unpaired) electrons. The highest BCUT2D eigenvalue weighted by atomic mass is 16.6. The minimum atomic E-state index is -0.661. The Morgan fingerprint density at radius 3 is 2.58 bits per heavy atom. The molecule has 3 aromatic carbocycles. The molecule has 12 heteroatoms. The van der Waals surface area contributed by atoms with Crippen LogP contribution in [0, 0.1) is 10.1 Å². The number of rotatable bonds is 7. The van der Waals surface area contributed by atoms with E-state index in [1.165, 1.54) is 24.4 Å². The zero-order valence-corrected chi connectivity index (χ0v) is 19.0. The summed E-state index contributed by atoms with van der Waals surface area (Å²) in [5.74, 6) is 0.579. The molecular formula is C24H22N8O4. The van der Waals surface area contributed by atoms with Gasteiger partial charge in [0.2, 0.25) is 17.8 Å². The van der Waals surface area contributed by atoms with Gasteiger partial charge in [-0.2, -0.15) is 20.1 Å². The smallest absolute Gasteiger partial charge is 0.311 e. The molecule has 1 aliphatic rings. The zero-order chi connectivity index (χ0) is 24.9. The topological polar surface area (TPSA) is 151 Å². The normalized spacial score (nSPS) is 13.7. The number of phenols is 1. The van der Waals surface area contributed by atoms with Crippen LogP contribution in [0.5, 0.6) is 5.75 Å². The molecule has 3 N–H and O–H groups in total. The monoisotopic (exact) mass is 486 g/mol. The van der Waals surface area contributed by atoms with Crippen molar-refractivity contribution in [1.82, 2.24) is 15.0 Å². The third-order valence-electron chi connectivity index (χ3n) is 5.50. The second-order valence-corrected chi connectivity index (χ2v) is 7.94. The van der Waals surface area contributed by atoms with Crippen LogP contribution in [0.2, 0.25) is 0 Å². The molecule has 0 bridgehead atoms. The number of fused-ring (bicyclic) bond motifs is 1. The molecule has 12 nitrogen and oxygen atoms in total. The fourth-order valence-electron chi connectivity index (χ4n) is 3.70. The molecule has 0 spiro atoms. The van der Waals surface area contributed by atoms with Crippen LogP contribution < -0.4 is 15.6 Å². The highest BCUT2D eigenvalue weighted by Crippen LogP contribution is 2.26. The molecule has 182 valence electrons. The molecule has 1 aliphatic heterocycles. The van der Waals surface area contributed by atoms with E-state index in [-0.39, 0.29) is 5.95 Å². The van der Waals surface area contributed by atoms with Crippen LogP contribution in [-0.2, 0) is 4.74 Å². The Labute approximate surface area is 205 Å². The van der Waals surface area contributed by atoms with Crippen LogP contribution in [-0.4, -0.2) is 57.5 Å². The Morgan fingerprint density at radius 2 is 1.78 bits per heavy atom. The summed E-state index contributed by atoms with van der Waals surface area (Å²) >= 11 is 0. The first kappa shape index (κ1) is 22.9. The molecule has 36 heavy (non-hydrogen) atoms. The number of hydrazone groups is 1. The lowest BCUT2D eigenvalue weighted by Crippen LogP contribution is -2.37. The number of benzene rings is 3. The van der Waals surface area contributed by atoms with Gasteiger partial charge < -0.3 is 20.1 Å². The van der Waals surface area contributed by atoms with E-state index in [0.29, 0.717) is 43.8 Å². The minimum absolute atomic E-state index is 0.194. The van der Waals surface area contributed by atoms with E-state index in [1.54, 1.807) is 0 Å². The largest absolute Gasteiger partial charge is 0.502 e. The number of ether oxygens (including phenoxy) is 1. The summed E-state index contributed by atoms with van der Waals surface area (Å²) < 4.78 is 5.43. The lowest BCUT2D eigenvalue weighted by molar-refractivity contribution is -0.385. The number of aromatic nitrogens is 3. The summed E-state index contributed by atoms with van der Waals surface area (Å²) in [7, 11) is 0. The Bertz CT molecular complexity index is 1440. The fourth-order valence-corrected chi connectivity index (χ4v) is 3.70. The van der Waals surface area contributed by atoms with Gasteiger partial charge in [-0.15, -0.1) is 0 Å². The van der Waals surface area contributed by atoms with Gasteiger partial charge in [-0.1, -0.05) is 30.3 Å². The van der Waals surface area contributed by atoms with Crippen molar-refractivity contribution >= 4 is 46.2 Å². The van der Waals surface area contributed by atoms with E-state index in [0.717, 1.165) is 16.5 Å². The quantitative estimate of drug-likeness (QED) is 0.200. The van der Waals surface area contributed by atoms with Crippen molar-refractivity contribution in [1.29, 1.82) is 0 Å². The molecule has 1 aromatic heterocycles. The molecule has 0 saturated carbocycles. The van der Waals surface area contributed by atoms with Crippen molar-refractivity contribution in [2.24, 2.45) is 5.10 Å². The SMILES string of the molecule is O=[N+]([O-])c1cc(C=NNc2nc(Nc3ccc4ccccc4c3)nc(N3CCOCC3)n2)ccc1O.